The van der Waals surface area contributed by atoms with Gasteiger partial charge in [0.2, 0.25) is 17.6 Å². The molecule has 1 amide bonds. The van der Waals surface area contributed by atoms with E-state index in [1.165, 1.54) is 12.8 Å². The molecule has 6 heteroatoms. The molecule has 0 atom stereocenters. The van der Waals surface area contributed by atoms with Gasteiger partial charge in [-0.15, -0.1) is 0 Å². The third-order valence-electron chi connectivity index (χ3n) is 5.21. The molecule has 0 unspecified atom stereocenters. The van der Waals surface area contributed by atoms with Crippen LogP contribution in [0.2, 0.25) is 0 Å². The molecular weight excluding hydrogens is 342 g/mol. The Morgan fingerprint density at radius 2 is 2.07 bits per heavy atom. The maximum Gasteiger partial charge on any atom is 0.230 e. The molecule has 27 heavy (non-hydrogen) atoms. The SMILES string of the molecule is CCCCCCC(=O)N1CCC(c2nc(-c3cccc(OC)c3)no2)CC1. The van der Waals surface area contributed by atoms with Crippen LogP contribution < -0.4 is 4.74 Å². The number of hydrogen-bond acceptors (Lipinski definition) is 5. The van der Waals surface area contributed by atoms with E-state index in [2.05, 4.69) is 17.1 Å². The number of hydrogen-bond donors (Lipinski definition) is 0. The Kier molecular flexibility index (Phi) is 6.85. The number of amides is 1. The van der Waals surface area contributed by atoms with Crippen molar-refractivity contribution in [2.45, 2.75) is 57.8 Å². The van der Waals surface area contributed by atoms with E-state index in [4.69, 9.17) is 9.26 Å². The maximum absolute atomic E-state index is 12.3. The first-order chi connectivity index (χ1) is 13.2. The summed E-state index contributed by atoms with van der Waals surface area (Å²) in [6, 6.07) is 7.64. The lowest BCUT2D eigenvalue weighted by molar-refractivity contribution is -0.132. The van der Waals surface area contributed by atoms with Gasteiger partial charge in [-0.3, -0.25) is 4.79 Å². The molecule has 6 nitrogen and oxygen atoms in total. The minimum atomic E-state index is 0.223. The van der Waals surface area contributed by atoms with Gasteiger partial charge in [-0.2, -0.15) is 4.98 Å². The fraction of sp³-hybridized carbons (Fsp3) is 0.571. The second-order valence-corrected chi connectivity index (χ2v) is 7.15. The first-order valence-electron chi connectivity index (χ1n) is 9.97. The zero-order valence-electron chi connectivity index (χ0n) is 16.3. The number of aromatic nitrogens is 2. The Morgan fingerprint density at radius 3 is 2.81 bits per heavy atom. The lowest BCUT2D eigenvalue weighted by Gasteiger charge is -2.30. The van der Waals surface area contributed by atoms with Crippen molar-refractivity contribution in [1.82, 2.24) is 15.0 Å². The average molecular weight is 371 g/mol. The van der Waals surface area contributed by atoms with Gasteiger partial charge in [0.1, 0.15) is 5.75 Å². The van der Waals surface area contributed by atoms with Crippen LogP contribution in [0.5, 0.6) is 5.75 Å². The highest BCUT2D eigenvalue weighted by Crippen LogP contribution is 2.29. The lowest BCUT2D eigenvalue weighted by atomic mass is 9.96. The number of nitrogens with zero attached hydrogens (tertiary/aromatic N) is 3. The Morgan fingerprint density at radius 1 is 1.26 bits per heavy atom. The zero-order valence-corrected chi connectivity index (χ0v) is 16.3. The Bertz CT molecular complexity index is 736. The summed E-state index contributed by atoms with van der Waals surface area (Å²) < 4.78 is 10.8. The summed E-state index contributed by atoms with van der Waals surface area (Å²) in [5.74, 6) is 2.53. The summed E-state index contributed by atoms with van der Waals surface area (Å²) in [6.07, 6.45) is 6.98. The first kappa shape index (κ1) is 19.4. The summed E-state index contributed by atoms with van der Waals surface area (Å²) in [5, 5.41) is 4.13. The topological polar surface area (TPSA) is 68.5 Å². The number of carbonyl (C=O) groups excluding carboxylic acids is 1. The van der Waals surface area contributed by atoms with Gasteiger partial charge in [0.15, 0.2) is 0 Å². The number of carbonyl (C=O) groups is 1. The van der Waals surface area contributed by atoms with Crippen LogP contribution in [0.3, 0.4) is 0 Å². The molecule has 0 bridgehead atoms. The third-order valence-corrected chi connectivity index (χ3v) is 5.21. The molecule has 1 aromatic heterocycles. The van der Waals surface area contributed by atoms with Crippen LogP contribution in [0.25, 0.3) is 11.4 Å². The number of methoxy groups -OCH3 is 1. The molecule has 0 radical (unpaired) electrons. The third kappa shape index (κ3) is 5.08. The molecule has 3 rings (SSSR count). The van der Waals surface area contributed by atoms with E-state index in [1.54, 1.807) is 7.11 Å². The van der Waals surface area contributed by atoms with Gasteiger partial charge in [-0.05, 0) is 31.4 Å². The van der Waals surface area contributed by atoms with Crippen LogP contribution in [0.15, 0.2) is 28.8 Å². The molecule has 0 N–H and O–H groups in total. The molecule has 1 fully saturated rings. The Labute approximate surface area is 160 Å². The van der Waals surface area contributed by atoms with E-state index in [0.717, 1.165) is 50.1 Å². The molecule has 1 aromatic carbocycles. The van der Waals surface area contributed by atoms with Gasteiger partial charge in [0.25, 0.3) is 0 Å². The zero-order chi connectivity index (χ0) is 19.1. The average Bonchev–Trinajstić information content (AvgIpc) is 3.21. The van der Waals surface area contributed by atoms with E-state index < -0.39 is 0 Å². The summed E-state index contributed by atoms with van der Waals surface area (Å²) in [5.41, 5.74) is 0.879. The highest BCUT2D eigenvalue weighted by molar-refractivity contribution is 5.76. The molecule has 1 saturated heterocycles. The van der Waals surface area contributed by atoms with Crippen molar-refractivity contribution in [2.75, 3.05) is 20.2 Å². The number of unbranched alkanes of at least 4 members (excludes halogenated alkanes) is 3. The summed E-state index contributed by atoms with van der Waals surface area (Å²) in [6.45, 7) is 3.73. The predicted octanol–water partition coefficient (Wildman–Crippen LogP) is 4.42. The summed E-state index contributed by atoms with van der Waals surface area (Å²) >= 11 is 0. The fourth-order valence-corrected chi connectivity index (χ4v) is 3.52. The normalized spacial score (nSPS) is 15.1. The summed E-state index contributed by atoms with van der Waals surface area (Å²) in [4.78, 5) is 18.9. The minimum Gasteiger partial charge on any atom is -0.497 e. The Hall–Kier alpha value is -2.37. The van der Waals surface area contributed by atoms with Gasteiger partial charge >= 0.3 is 0 Å². The number of benzene rings is 1. The van der Waals surface area contributed by atoms with Gasteiger partial charge < -0.3 is 14.2 Å². The molecule has 0 aliphatic carbocycles. The van der Waals surface area contributed by atoms with Crippen LogP contribution >= 0.6 is 0 Å². The van der Waals surface area contributed by atoms with Crippen molar-refractivity contribution < 1.29 is 14.1 Å². The van der Waals surface area contributed by atoms with E-state index in [1.807, 2.05) is 29.2 Å². The highest BCUT2D eigenvalue weighted by atomic mass is 16.5. The van der Waals surface area contributed by atoms with Crippen molar-refractivity contribution >= 4 is 5.91 Å². The number of rotatable bonds is 8. The monoisotopic (exact) mass is 371 g/mol. The van der Waals surface area contributed by atoms with Crippen LogP contribution in [0.1, 0.15) is 63.7 Å². The molecule has 0 spiro atoms. The van der Waals surface area contributed by atoms with E-state index in [0.29, 0.717) is 18.1 Å². The largest absolute Gasteiger partial charge is 0.497 e. The van der Waals surface area contributed by atoms with Crippen LogP contribution in [-0.4, -0.2) is 41.1 Å². The standard InChI is InChI=1S/C21H29N3O3/c1-3-4-5-6-10-19(25)24-13-11-16(12-14-24)21-22-20(23-27-21)17-8-7-9-18(15-17)26-2/h7-9,15-16H,3-6,10-14H2,1-2H3. The van der Waals surface area contributed by atoms with Crippen LogP contribution in [-0.2, 0) is 4.79 Å². The predicted molar refractivity (Wildman–Crippen MR) is 104 cm³/mol. The van der Waals surface area contributed by atoms with Crippen LogP contribution in [0, 0.1) is 0 Å². The second kappa shape index (κ2) is 9.53. The first-order valence-corrected chi connectivity index (χ1v) is 9.97. The number of likely N-dealkylation sites (tertiary alicyclic amines) is 1. The molecule has 146 valence electrons. The van der Waals surface area contributed by atoms with E-state index in [-0.39, 0.29) is 11.8 Å². The maximum atomic E-state index is 12.3. The van der Waals surface area contributed by atoms with E-state index in [9.17, 15) is 4.79 Å². The quantitative estimate of drug-likeness (QED) is 0.643. The van der Waals surface area contributed by atoms with Crippen molar-refractivity contribution in [3.63, 3.8) is 0 Å². The second-order valence-electron chi connectivity index (χ2n) is 7.15. The van der Waals surface area contributed by atoms with Crippen LogP contribution in [0.4, 0.5) is 0 Å². The molecule has 1 aliphatic rings. The summed E-state index contributed by atoms with van der Waals surface area (Å²) in [7, 11) is 1.64. The fourth-order valence-electron chi connectivity index (χ4n) is 3.52. The van der Waals surface area contributed by atoms with Crippen molar-refractivity contribution in [3.8, 4) is 17.1 Å². The molecule has 2 aromatic rings. The highest BCUT2D eigenvalue weighted by Gasteiger charge is 2.27. The van der Waals surface area contributed by atoms with Crippen molar-refractivity contribution in [3.05, 3.63) is 30.2 Å². The van der Waals surface area contributed by atoms with E-state index >= 15 is 0 Å². The van der Waals surface area contributed by atoms with Gasteiger partial charge in [-0.25, -0.2) is 0 Å². The van der Waals surface area contributed by atoms with Crippen molar-refractivity contribution in [1.29, 1.82) is 0 Å². The number of piperidine rings is 1. The number of ether oxygens (including phenoxy) is 1. The molecule has 1 aliphatic heterocycles. The molecule has 2 heterocycles. The smallest absolute Gasteiger partial charge is 0.230 e. The minimum absolute atomic E-state index is 0.223. The Balaban J connectivity index is 1.53. The molecule has 0 saturated carbocycles. The lowest BCUT2D eigenvalue weighted by Crippen LogP contribution is -2.37. The van der Waals surface area contributed by atoms with Gasteiger partial charge in [0, 0.05) is 31.0 Å². The van der Waals surface area contributed by atoms with Crippen molar-refractivity contribution in [2.24, 2.45) is 0 Å². The van der Waals surface area contributed by atoms with Gasteiger partial charge in [-0.1, -0.05) is 43.5 Å². The molecular formula is C21H29N3O3. The van der Waals surface area contributed by atoms with Gasteiger partial charge in [0.05, 0.1) is 7.11 Å².